The molecule has 0 spiro atoms. The highest BCUT2D eigenvalue weighted by Crippen LogP contribution is 2.38. The van der Waals surface area contributed by atoms with Gasteiger partial charge >= 0.3 is 5.69 Å². The van der Waals surface area contributed by atoms with Gasteiger partial charge in [0.05, 0.1) is 19.3 Å². The Kier molecular flexibility index (Phi) is 7.60. The number of H-pyrrole nitrogens is 1. The van der Waals surface area contributed by atoms with Gasteiger partial charge in [0.15, 0.2) is 5.72 Å². The van der Waals surface area contributed by atoms with E-state index in [2.05, 4.69) is 15.6 Å². The minimum atomic E-state index is -1.29. The smallest absolute Gasteiger partial charge is 0.330 e. The molecule has 1 aromatic rings. The monoisotopic (exact) mass is 412 g/mol. The molecule has 3 fully saturated rings. The van der Waals surface area contributed by atoms with Crippen LogP contribution in [0.2, 0.25) is 0 Å². The van der Waals surface area contributed by atoms with Gasteiger partial charge in [0, 0.05) is 31.3 Å². The Morgan fingerprint density at radius 3 is 2.48 bits per heavy atom. The number of aryl methyl sites for hydroxylation is 1. The van der Waals surface area contributed by atoms with Crippen molar-refractivity contribution in [2.45, 2.75) is 56.6 Å². The highest BCUT2D eigenvalue weighted by Gasteiger charge is 2.53. The van der Waals surface area contributed by atoms with Crippen molar-refractivity contribution in [3.05, 3.63) is 32.6 Å². The molecule has 0 aromatic carbocycles. The van der Waals surface area contributed by atoms with Crippen LogP contribution in [0.4, 0.5) is 0 Å². The van der Waals surface area contributed by atoms with E-state index >= 15 is 0 Å². The summed E-state index contributed by atoms with van der Waals surface area (Å²) in [6, 6.07) is 0. The van der Waals surface area contributed by atoms with Gasteiger partial charge in [-0.2, -0.15) is 0 Å². The topological polar surface area (TPSA) is 138 Å². The van der Waals surface area contributed by atoms with E-state index in [-0.39, 0.29) is 13.0 Å². The zero-order chi connectivity index (χ0) is 20.9. The number of aliphatic hydroxyl groups is 2. The molecule has 29 heavy (non-hydrogen) atoms. The zero-order valence-electron chi connectivity index (χ0n) is 16.9. The van der Waals surface area contributed by atoms with Gasteiger partial charge in [0.25, 0.3) is 5.56 Å². The van der Waals surface area contributed by atoms with Gasteiger partial charge in [-0.25, -0.2) is 4.79 Å². The van der Waals surface area contributed by atoms with E-state index in [1.807, 2.05) is 0 Å². The van der Waals surface area contributed by atoms with Crippen LogP contribution in [0.1, 0.15) is 31.2 Å². The van der Waals surface area contributed by atoms with Crippen molar-refractivity contribution in [2.24, 2.45) is 0 Å². The molecule has 0 bridgehead atoms. The van der Waals surface area contributed by atoms with E-state index in [0.717, 1.165) is 0 Å². The molecule has 0 saturated carbocycles. The van der Waals surface area contributed by atoms with Gasteiger partial charge < -0.3 is 30.3 Å². The molecule has 4 heterocycles. The Hall–Kier alpha value is -1.56. The second-order valence-electron chi connectivity index (χ2n) is 7.77. The standard InChI is InChI=1S/C14H21N3O6.C5H11N/c1-8-6-17(13(21)16-12(8)20)14(11-5-15-2-3-22-11)4-9(19)10(7-18)23-14;1-2-4-6-5-3-1/h6,9-11,15,18-19H,2-5,7H2,1H3,(H,16,20,21);6H,1-5H2/t9-,10+,11?,14-;/m0./s1. The Bertz CT molecular complexity index is 759. The van der Waals surface area contributed by atoms with Crippen LogP contribution >= 0.6 is 0 Å². The van der Waals surface area contributed by atoms with E-state index in [0.29, 0.717) is 25.3 Å². The number of piperidine rings is 1. The van der Waals surface area contributed by atoms with Crippen molar-refractivity contribution in [3.63, 3.8) is 0 Å². The number of hydrogen-bond acceptors (Lipinski definition) is 8. The molecular formula is C19H32N4O6. The quantitative estimate of drug-likeness (QED) is 0.400. The summed E-state index contributed by atoms with van der Waals surface area (Å²) in [4.78, 5) is 26.2. The first-order valence-electron chi connectivity index (χ1n) is 10.3. The van der Waals surface area contributed by atoms with Gasteiger partial charge in [-0.05, 0) is 32.9 Å². The lowest BCUT2D eigenvalue weighted by molar-refractivity contribution is -0.200. The molecule has 4 rings (SSSR count). The van der Waals surface area contributed by atoms with Crippen LogP contribution in [-0.4, -0.2) is 77.5 Å². The van der Waals surface area contributed by atoms with E-state index < -0.39 is 35.3 Å². The van der Waals surface area contributed by atoms with Gasteiger partial charge in [-0.3, -0.25) is 14.3 Å². The fourth-order valence-electron chi connectivity index (χ4n) is 4.00. The molecule has 3 aliphatic heterocycles. The van der Waals surface area contributed by atoms with Gasteiger partial charge in [0.2, 0.25) is 0 Å². The number of aromatic nitrogens is 2. The molecule has 5 N–H and O–H groups in total. The predicted octanol–water partition coefficient (Wildman–Crippen LogP) is -1.61. The molecule has 10 nitrogen and oxygen atoms in total. The highest BCUT2D eigenvalue weighted by molar-refractivity contribution is 5.07. The number of nitrogens with zero attached hydrogens (tertiary/aromatic N) is 1. The number of nitrogens with one attached hydrogen (secondary N) is 3. The first-order valence-corrected chi connectivity index (χ1v) is 10.3. The molecule has 1 unspecified atom stereocenters. The van der Waals surface area contributed by atoms with Crippen LogP contribution in [0.3, 0.4) is 0 Å². The molecule has 3 aliphatic rings. The molecule has 164 valence electrons. The van der Waals surface area contributed by atoms with E-state index in [4.69, 9.17) is 9.47 Å². The van der Waals surface area contributed by atoms with Crippen LogP contribution in [0.15, 0.2) is 15.8 Å². The maximum absolute atomic E-state index is 12.3. The fourth-order valence-corrected chi connectivity index (χ4v) is 4.00. The number of aliphatic hydroxyl groups excluding tert-OH is 2. The van der Waals surface area contributed by atoms with Crippen molar-refractivity contribution in [2.75, 3.05) is 39.4 Å². The number of hydrogen-bond donors (Lipinski definition) is 5. The van der Waals surface area contributed by atoms with Gasteiger partial charge in [-0.15, -0.1) is 0 Å². The van der Waals surface area contributed by atoms with Crippen molar-refractivity contribution in [3.8, 4) is 0 Å². The highest BCUT2D eigenvalue weighted by atomic mass is 16.6. The van der Waals surface area contributed by atoms with Crippen LogP contribution in [-0.2, 0) is 15.2 Å². The summed E-state index contributed by atoms with van der Waals surface area (Å²) < 4.78 is 12.9. The second-order valence-corrected chi connectivity index (χ2v) is 7.77. The maximum atomic E-state index is 12.3. The first-order chi connectivity index (χ1) is 14.0. The lowest BCUT2D eigenvalue weighted by Gasteiger charge is -2.40. The van der Waals surface area contributed by atoms with Crippen LogP contribution in [0.25, 0.3) is 0 Å². The number of morpholine rings is 1. The summed E-state index contributed by atoms with van der Waals surface area (Å²) in [6.07, 6.45) is 3.41. The average Bonchev–Trinajstić information content (AvgIpc) is 3.10. The summed E-state index contributed by atoms with van der Waals surface area (Å²) >= 11 is 0. The minimum Gasteiger partial charge on any atom is -0.394 e. The third-order valence-electron chi connectivity index (χ3n) is 5.63. The van der Waals surface area contributed by atoms with Crippen LogP contribution < -0.4 is 21.9 Å². The van der Waals surface area contributed by atoms with Gasteiger partial charge in [-0.1, -0.05) is 6.42 Å². The van der Waals surface area contributed by atoms with Crippen molar-refractivity contribution in [1.29, 1.82) is 0 Å². The molecule has 10 heteroatoms. The van der Waals surface area contributed by atoms with E-state index in [1.54, 1.807) is 6.92 Å². The Morgan fingerprint density at radius 1 is 1.21 bits per heavy atom. The average molecular weight is 412 g/mol. The summed E-state index contributed by atoms with van der Waals surface area (Å²) in [5.41, 5.74) is -2.05. The SMILES string of the molecule is C1CCNCC1.Cc1cn([C@@]2(C3CNCCO3)C[C@H](O)[C@@H](CO)O2)c(=O)[nH]c1=O. The summed E-state index contributed by atoms with van der Waals surface area (Å²) in [6.45, 7) is 5.25. The minimum absolute atomic E-state index is 0.0793. The van der Waals surface area contributed by atoms with Crippen molar-refractivity contribution in [1.82, 2.24) is 20.2 Å². The van der Waals surface area contributed by atoms with Crippen LogP contribution in [0, 0.1) is 6.92 Å². The molecule has 0 aliphatic carbocycles. The maximum Gasteiger partial charge on any atom is 0.330 e. The summed E-state index contributed by atoms with van der Waals surface area (Å²) in [5, 5.41) is 26.0. The second kappa shape index (κ2) is 9.96. The number of rotatable bonds is 3. The van der Waals surface area contributed by atoms with E-state index in [1.165, 1.54) is 43.1 Å². The molecular weight excluding hydrogens is 380 g/mol. The largest absolute Gasteiger partial charge is 0.394 e. The third kappa shape index (κ3) is 4.96. The Balaban J connectivity index is 0.000000343. The number of ether oxygens (including phenoxy) is 2. The molecule has 4 atom stereocenters. The predicted molar refractivity (Wildman–Crippen MR) is 106 cm³/mol. The summed E-state index contributed by atoms with van der Waals surface area (Å²) in [5.74, 6) is 0. The zero-order valence-corrected chi connectivity index (χ0v) is 16.9. The molecule has 1 aromatic heterocycles. The number of aromatic amines is 1. The van der Waals surface area contributed by atoms with E-state index in [9.17, 15) is 19.8 Å². The van der Waals surface area contributed by atoms with Crippen LogP contribution in [0.5, 0.6) is 0 Å². The lowest BCUT2D eigenvalue weighted by Crippen LogP contribution is -2.58. The van der Waals surface area contributed by atoms with Crippen molar-refractivity contribution < 1.29 is 19.7 Å². The first kappa shape index (κ1) is 22.1. The summed E-state index contributed by atoms with van der Waals surface area (Å²) in [7, 11) is 0. The van der Waals surface area contributed by atoms with Crippen molar-refractivity contribution >= 4 is 0 Å². The molecule has 3 saturated heterocycles. The lowest BCUT2D eigenvalue weighted by atomic mass is 9.99. The molecule has 0 radical (unpaired) electrons. The Labute approximate surface area is 169 Å². The molecule has 0 amide bonds. The Morgan fingerprint density at radius 2 is 1.97 bits per heavy atom. The normalized spacial score (nSPS) is 32.4. The fraction of sp³-hybridized carbons (Fsp3) is 0.789. The third-order valence-corrected chi connectivity index (χ3v) is 5.63. The van der Waals surface area contributed by atoms with Gasteiger partial charge in [0.1, 0.15) is 12.2 Å².